The Morgan fingerprint density at radius 1 is 1.14 bits per heavy atom. The van der Waals surface area contributed by atoms with Crippen molar-refractivity contribution < 1.29 is 9.13 Å². The van der Waals surface area contributed by atoms with Crippen molar-refractivity contribution in [1.82, 2.24) is 5.32 Å². The maximum absolute atomic E-state index is 14.0. The fourth-order valence-electron chi connectivity index (χ4n) is 1.83. The van der Waals surface area contributed by atoms with Gasteiger partial charge < -0.3 is 10.1 Å². The monoisotopic (exact) mass is 327 g/mol. The molecule has 1 N–H and O–H groups in total. The Morgan fingerprint density at radius 3 is 2.43 bits per heavy atom. The Hall–Kier alpha value is -1.29. The molecule has 2 nitrogen and oxygen atoms in total. The molecule has 0 bridgehead atoms. The Kier molecular flexibility index (Phi) is 5.45. The first-order valence-corrected chi connectivity index (χ1v) is 7.36. The Bertz CT molecular complexity index is 611. The van der Waals surface area contributed by atoms with E-state index in [1.807, 2.05) is 19.9 Å². The van der Waals surface area contributed by atoms with Gasteiger partial charge in [0, 0.05) is 28.2 Å². The van der Waals surface area contributed by atoms with E-state index in [1.54, 1.807) is 24.3 Å². The lowest BCUT2D eigenvalue weighted by molar-refractivity contribution is 0.431. The molecule has 0 amide bonds. The Morgan fingerprint density at radius 2 is 1.81 bits per heavy atom. The number of hydrogen-bond donors (Lipinski definition) is 1. The minimum absolute atomic E-state index is 0.184. The summed E-state index contributed by atoms with van der Waals surface area (Å²) in [5.41, 5.74) is 0.736. The van der Waals surface area contributed by atoms with Gasteiger partial charge in [0.1, 0.15) is 5.75 Å². The van der Waals surface area contributed by atoms with Crippen molar-refractivity contribution >= 4 is 23.2 Å². The molecule has 5 heteroatoms. The largest absolute Gasteiger partial charge is 0.454 e. The van der Waals surface area contributed by atoms with Gasteiger partial charge in [0.05, 0.1) is 0 Å². The van der Waals surface area contributed by atoms with Gasteiger partial charge in [-0.25, -0.2) is 4.39 Å². The standard InChI is InChI=1S/C16H16Cl2FNO/c1-10(2)20-9-11-4-3-5-15(19)16(11)21-14-7-12(17)6-13(18)8-14/h3-8,10,20H,9H2,1-2H3. The van der Waals surface area contributed by atoms with Crippen LogP contribution in [0.25, 0.3) is 0 Å². The van der Waals surface area contributed by atoms with Crippen LogP contribution < -0.4 is 10.1 Å². The molecule has 112 valence electrons. The minimum Gasteiger partial charge on any atom is -0.454 e. The highest BCUT2D eigenvalue weighted by molar-refractivity contribution is 6.34. The third-order valence-electron chi connectivity index (χ3n) is 2.81. The second-order valence-corrected chi connectivity index (χ2v) is 5.84. The second kappa shape index (κ2) is 7.12. The average Bonchev–Trinajstić information content (AvgIpc) is 2.38. The van der Waals surface area contributed by atoms with E-state index in [0.29, 0.717) is 28.4 Å². The lowest BCUT2D eigenvalue weighted by atomic mass is 10.2. The third-order valence-corrected chi connectivity index (χ3v) is 3.24. The summed E-state index contributed by atoms with van der Waals surface area (Å²) in [6.07, 6.45) is 0. The highest BCUT2D eigenvalue weighted by Gasteiger charge is 2.12. The molecule has 0 heterocycles. The van der Waals surface area contributed by atoms with Gasteiger partial charge in [0.25, 0.3) is 0 Å². The smallest absolute Gasteiger partial charge is 0.167 e. The predicted octanol–water partition coefficient (Wildman–Crippen LogP) is 5.42. The molecule has 0 saturated heterocycles. The molecule has 2 aromatic rings. The maximum Gasteiger partial charge on any atom is 0.167 e. The summed E-state index contributed by atoms with van der Waals surface area (Å²) < 4.78 is 19.7. The van der Waals surface area contributed by atoms with Gasteiger partial charge in [0.15, 0.2) is 11.6 Å². The van der Waals surface area contributed by atoms with E-state index < -0.39 is 5.82 Å². The van der Waals surface area contributed by atoms with Crippen molar-refractivity contribution in [2.45, 2.75) is 26.4 Å². The molecule has 0 spiro atoms. The van der Waals surface area contributed by atoms with Crippen molar-refractivity contribution in [2.24, 2.45) is 0 Å². The van der Waals surface area contributed by atoms with E-state index in [-0.39, 0.29) is 5.75 Å². The van der Waals surface area contributed by atoms with Crippen LogP contribution in [0.3, 0.4) is 0 Å². The highest BCUT2D eigenvalue weighted by Crippen LogP contribution is 2.32. The molecular formula is C16H16Cl2FNO. The zero-order valence-electron chi connectivity index (χ0n) is 11.8. The van der Waals surface area contributed by atoms with Gasteiger partial charge in [-0.1, -0.05) is 49.2 Å². The average molecular weight is 328 g/mol. The summed E-state index contributed by atoms with van der Waals surface area (Å²) in [5, 5.41) is 4.12. The number of nitrogens with one attached hydrogen (secondary N) is 1. The molecule has 0 saturated carbocycles. The van der Waals surface area contributed by atoms with Crippen LogP contribution in [0, 0.1) is 5.82 Å². The van der Waals surface area contributed by atoms with Gasteiger partial charge in [-0.3, -0.25) is 0 Å². The zero-order valence-corrected chi connectivity index (χ0v) is 13.3. The van der Waals surface area contributed by atoms with Crippen LogP contribution in [0.2, 0.25) is 10.0 Å². The van der Waals surface area contributed by atoms with E-state index in [9.17, 15) is 4.39 Å². The van der Waals surface area contributed by atoms with Crippen LogP contribution in [-0.4, -0.2) is 6.04 Å². The summed E-state index contributed by atoms with van der Waals surface area (Å²) in [7, 11) is 0. The molecule has 2 aromatic carbocycles. The summed E-state index contributed by atoms with van der Waals surface area (Å²) >= 11 is 11.9. The predicted molar refractivity (Wildman–Crippen MR) is 84.9 cm³/mol. The lowest BCUT2D eigenvalue weighted by Gasteiger charge is -2.14. The van der Waals surface area contributed by atoms with Gasteiger partial charge in [-0.15, -0.1) is 0 Å². The third kappa shape index (κ3) is 4.60. The van der Waals surface area contributed by atoms with Crippen LogP contribution in [0.1, 0.15) is 19.4 Å². The minimum atomic E-state index is -0.422. The van der Waals surface area contributed by atoms with Gasteiger partial charge in [0.2, 0.25) is 0 Å². The number of hydrogen-bond acceptors (Lipinski definition) is 2. The molecular weight excluding hydrogens is 312 g/mol. The Labute approximate surface area is 133 Å². The number of halogens is 3. The quantitative estimate of drug-likeness (QED) is 0.791. The van der Waals surface area contributed by atoms with E-state index in [1.165, 1.54) is 6.07 Å². The van der Waals surface area contributed by atoms with Gasteiger partial charge in [-0.2, -0.15) is 0 Å². The normalized spacial score (nSPS) is 11.0. The van der Waals surface area contributed by atoms with Gasteiger partial charge in [-0.05, 0) is 24.3 Å². The molecule has 0 atom stereocenters. The number of ether oxygens (including phenoxy) is 1. The fraction of sp³-hybridized carbons (Fsp3) is 0.250. The van der Waals surface area contributed by atoms with Crippen molar-refractivity contribution in [3.63, 3.8) is 0 Å². The first kappa shape index (κ1) is 16.1. The number of benzene rings is 2. The molecule has 2 rings (SSSR count). The zero-order chi connectivity index (χ0) is 15.4. The first-order chi connectivity index (χ1) is 9.95. The van der Waals surface area contributed by atoms with Crippen LogP contribution in [0.15, 0.2) is 36.4 Å². The number of rotatable bonds is 5. The van der Waals surface area contributed by atoms with Crippen molar-refractivity contribution in [3.05, 3.63) is 57.8 Å². The molecule has 0 aromatic heterocycles. The summed E-state index contributed by atoms with van der Waals surface area (Å²) in [6.45, 7) is 4.56. The Balaban J connectivity index is 2.29. The lowest BCUT2D eigenvalue weighted by Crippen LogP contribution is -2.22. The maximum atomic E-state index is 14.0. The van der Waals surface area contributed by atoms with E-state index in [2.05, 4.69) is 5.32 Å². The van der Waals surface area contributed by atoms with E-state index >= 15 is 0 Å². The van der Waals surface area contributed by atoms with Crippen molar-refractivity contribution in [3.8, 4) is 11.5 Å². The molecule has 21 heavy (non-hydrogen) atoms. The van der Waals surface area contributed by atoms with Crippen LogP contribution in [0.4, 0.5) is 4.39 Å². The molecule has 0 aliphatic carbocycles. The topological polar surface area (TPSA) is 21.3 Å². The van der Waals surface area contributed by atoms with Crippen LogP contribution >= 0.6 is 23.2 Å². The SMILES string of the molecule is CC(C)NCc1cccc(F)c1Oc1cc(Cl)cc(Cl)c1. The van der Waals surface area contributed by atoms with Gasteiger partial charge >= 0.3 is 0 Å². The number of para-hydroxylation sites is 1. The summed E-state index contributed by atoms with van der Waals surface area (Å²) in [6, 6.07) is 9.92. The fourth-order valence-corrected chi connectivity index (χ4v) is 2.33. The molecule has 0 unspecified atom stereocenters. The van der Waals surface area contributed by atoms with E-state index in [4.69, 9.17) is 27.9 Å². The molecule has 0 aliphatic rings. The molecule has 0 aliphatic heterocycles. The summed E-state index contributed by atoms with van der Waals surface area (Å²) in [5.74, 6) is 0.168. The van der Waals surface area contributed by atoms with Crippen LogP contribution in [-0.2, 0) is 6.54 Å². The second-order valence-electron chi connectivity index (χ2n) is 4.97. The highest BCUT2D eigenvalue weighted by atomic mass is 35.5. The molecule has 0 fully saturated rings. The van der Waals surface area contributed by atoms with Crippen LogP contribution in [0.5, 0.6) is 11.5 Å². The molecule has 0 radical (unpaired) electrons. The van der Waals surface area contributed by atoms with Crippen molar-refractivity contribution in [2.75, 3.05) is 0 Å². The summed E-state index contributed by atoms with van der Waals surface area (Å²) in [4.78, 5) is 0. The van der Waals surface area contributed by atoms with E-state index in [0.717, 1.165) is 5.56 Å². The first-order valence-electron chi connectivity index (χ1n) is 6.60. The van der Waals surface area contributed by atoms with Crippen molar-refractivity contribution in [1.29, 1.82) is 0 Å².